The predicted molar refractivity (Wildman–Crippen MR) is 113 cm³/mol. The third-order valence-electron chi connectivity index (χ3n) is 6.83. The lowest BCUT2D eigenvalue weighted by Crippen LogP contribution is -2.57. The van der Waals surface area contributed by atoms with Crippen LogP contribution in [0.2, 0.25) is 0 Å². The number of benzene rings is 1. The van der Waals surface area contributed by atoms with E-state index in [0.29, 0.717) is 0 Å². The molecule has 2 unspecified atom stereocenters. The molecule has 1 N–H and O–H groups in total. The number of aromatic amines is 1. The highest BCUT2D eigenvalue weighted by Gasteiger charge is 2.44. The second-order valence-corrected chi connectivity index (χ2v) is 8.50. The maximum atomic E-state index is 4.95. The Morgan fingerprint density at radius 1 is 1.11 bits per heavy atom. The van der Waals surface area contributed by atoms with Crippen molar-refractivity contribution in [3.63, 3.8) is 0 Å². The number of hydrogen-bond acceptors (Lipinski definition) is 3. The Morgan fingerprint density at radius 2 is 1.93 bits per heavy atom. The van der Waals surface area contributed by atoms with Crippen LogP contribution < -0.4 is 4.90 Å². The van der Waals surface area contributed by atoms with Crippen molar-refractivity contribution in [3.8, 4) is 11.3 Å². The van der Waals surface area contributed by atoms with Crippen LogP contribution in [-0.4, -0.2) is 27.0 Å². The first-order chi connectivity index (χ1) is 13.1. The molecule has 0 bridgehead atoms. The van der Waals surface area contributed by atoms with Gasteiger partial charge in [-0.1, -0.05) is 43.2 Å². The molecule has 27 heavy (non-hydrogen) atoms. The maximum Gasteiger partial charge on any atom is 0.157 e. The number of rotatable bonds is 2. The Morgan fingerprint density at radius 3 is 2.78 bits per heavy atom. The Bertz CT molecular complexity index is 965. The van der Waals surface area contributed by atoms with Gasteiger partial charge in [-0.25, -0.2) is 9.97 Å². The lowest BCUT2D eigenvalue weighted by molar-refractivity contribution is 0.153. The average molecular weight is 363 g/mol. The van der Waals surface area contributed by atoms with Crippen LogP contribution in [0.1, 0.15) is 52.7 Å². The zero-order valence-corrected chi connectivity index (χ0v) is 16.3. The van der Waals surface area contributed by atoms with Crippen LogP contribution in [0, 0.1) is 12.8 Å². The molecule has 1 aliphatic carbocycles. The molecular formula is C23H30N4. The molecule has 1 aliphatic heterocycles. The normalized spacial score (nSPS) is 25.6. The van der Waals surface area contributed by atoms with Crippen LogP contribution in [0.3, 0.4) is 0 Å². The van der Waals surface area contributed by atoms with E-state index >= 15 is 0 Å². The summed E-state index contributed by atoms with van der Waals surface area (Å²) in [4.78, 5) is 16.0. The van der Waals surface area contributed by atoms with Gasteiger partial charge in [0.1, 0.15) is 11.3 Å². The molecule has 1 saturated heterocycles. The fraction of sp³-hybridized carbons (Fsp3) is 0.478. The second kappa shape index (κ2) is 6.36. The molecule has 1 saturated carbocycles. The van der Waals surface area contributed by atoms with Gasteiger partial charge in [0.2, 0.25) is 0 Å². The van der Waals surface area contributed by atoms with E-state index in [9.17, 15) is 0 Å². The standard InChI is InChI=1S/C23H28N4.H2/c1-16-24-20-15-19(17-9-4-3-5-10-17)26-21(20)22(25-16)27-14-8-12-18-11-6-7-13-23(18,27)2;/h3-5,9-10,15,18,26H,6-8,11-14H2,1-2H3;1H. The van der Waals surface area contributed by atoms with Gasteiger partial charge in [0.05, 0.1) is 5.52 Å². The molecule has 4 nitrogen and oxygen atoms in total. The predicted octanol–water partition coefficient (Wildman–Crippen LogP) is 5.73. The van der Waals surface area contributed by atoms with E-state index in [1.165, 1.54) is 44.1 Å². The number of nitrogens with zero attached hydrogens (tertiary/aromatic N) is 3. The SMILES string of the molecule is Cc1nc(N2CCCC3CCCCC32C)c2[nH]c(-c3ccccc3)cc2n1.[HH]. The lowest BCUT2D eigenvalue weighted by atomic mass is 9.68. The molecule has 2 aromatic heterocycles. The van der Waals surface area contributed by atoms with Crippen LogP contribution in [0.4, 0.5) is 5.82 Å². The van der Waals surface area contributed by atoms with Gasteiger partial charge in [-0.05, 0) is 57.1 Å². The van der Waals surface area contributed by atoms with Crippen LogP contribution in [0.5, 0.6) is 0 Å². The maximum absolute atomic E-state index is 4.95. The van der Waals surface area contributed by atoms with E-state index in [4.69, 9.17) is 9.97 Å². The van der Waals surface area contributed by atoms with Gasteiger partial charge in [-0.2, -0.15) is 0 Å². The fourth-order valence-corrected chi connectivity index (χ4v) is 5.38. The minimum atomic E-state index is 0. The van der Waals surface area contributed by atoms with Gasteiger partial charge in [0, 0.05) is 19.2 Å². The van der Waals surface area contributed by atoms with Crippen molar-refractivity contribution in [3.05, 3.63) is 42.2 Å². The fourth-order valence-electron chi connectivity index (χ4n) is 5.38. The third kappa shape index (κ3) is 2.73. The zero-order chi connectivity index (χ0) is 18.4. The van der Waals surface area contributed by atoms with E-state index in [0.717, 1.165) is 40.8 Å². The summed E-state index contributed by atoms with van der Waals surface area (Å²) >= 11 is 0. The Kier molecular flexibility index (Phi) is 3.96. The first-order valence-electron chi connectivity index (χ1n) is 10.4. The Labute approximate surface area is 162 Å². The van der Waals surface area contributed by atoms with E-state index in [2.05, 4.69) is 53.2 Å². The van der Waals surface area contributed by atoms with Gasteiger partial charge in [-0.15, -0.1) is 0 Å². The van der Waals surface area contributed by atoms with Crippen molar-refractivity contribution in [2.75, 3.05) is 11.4 Å². The summed E-state index contributed by atoms with van der Waals surface area (Å²) < 4.78 is 0. The van der Waals surface area contributed by atoms with Crippen LogP contribution in [0.25, 0.3) is 22.3 Å². The van der Waals surface area contributed by atoms with Crippen molar-refractivity contribution in [1.82, 2.24) is 15.0 Å². The molecule has 4 heteroatoms. The number of H-pyrrole nitrogens is 1. The number of fused-ring (bicyclic) bond motifs is 2. The highest BCUT2D eigenvalue weighted by molar-refractivity contribution is 5.91. The summed E-state index contributed by atoms with van der Waals surface area (Å²) in [7, 11) is 0. The molecule has 2 aliphatic rings. The third-order valence-corrected chi connectivity index (χ3v) is 6.83. The molecule has 3 aromatic rings. The number of anilines is 1. The van der Waals surface area contributed by atoms with Crippen molar-refractivity contribution in [2.24, 2.45) is 5.92 Å². The average Bonchev–Trinajstić information content (AvgIpc) is 3.11. The van der Waals surface area contributed by atoms with E-state index < -0.39 is 0 Å². The number of nitrogens with one attached hydrogen (secondary N) is 1. The summed E-state index contributed by atoms with van der Waals surface area (Å²) in [5.41, 5.74) is 4.65. The highest BCUT2D eigenvalue weighted by atomic mass is 15.3. The highest BCUT2D eigenvalue weighted by Crippen LogP contribution is 2.46. The molecule has 0 radical (unpaired) electrons. The lowest BCUT2D eigenvalue weighted by Gasteiger charge is -2.53. The van der Waals surface area contributed by atoms with Gasteiger partial charge in [0.25, 0.3) is 0 Å². The van der Waals surface area contributed by atoms with Gasteiger partial charge in [-0.3, -0.25) is 0 Å². The first kappa shape index (κ1) is 16.8. The van der Waals surface area contributed by atoms with E-state index in [1.54, 1.807) is 0 Å². The minimum Gasteiger partial charge on any atom is -0.350 e. The van der Waals surface area contributed by atoms with Gasteiger partial charge < -0.3 is 9.88 Å². The second-order valence-electron chi connectivity index (χ2n) is 8.50. The monoisotopic (exact) mass is 362 g/mol. The molecule has 3 heterocycles. The number of aromatic nitrogens is 3. The van der Waals surface area contributed by atoms with Gasteiger partial charge >= 0.3 is 0 Å². The molecule has 2 atom stereocenters. The van der Waals surface area contributed by atoms with Crippen LogP contribution in [-0.2, 0) is 0 Å². The van der Waals surface area contributed by atoms with Crippen molar-refractivity contribution >= 4 is 16.9 Å². The number of piperidine rings is 1. The van der Waals surface area contributed by atoms with Crippen LogP contribution in [0.15, 0.2) is 36.4 Å². The van der Waals surface area contributed by atoms with Crippen LogP contribution >= 0.6 is 0 Å². The Balaban J connectivity index is 0.00000192. The number of aryl methyl sites for hydroxylation is 1. The molecule has 2 fully saturated rings. The molecule has 0 amide bonds. The summed E-state index contributed by atoms with van der Waals surface area (Å²) in [6.45, 7) is 5.58. The quantitative estimate of drug-likeness (QED) is 0.633. The summed E-state index contributed by atoms with van der Waals surface area (Å²) in [6.07, 6.45) is 7.97. The molecule has 1 aromatic carbocycles. The molecular weight excluding hydrogens is 332 g/mol. The Hall–Kier alpha value is -2.36. The molecule has 0 spiro atoms. The van der Waals surface area contributed by atoms with Crippen molar-refractivity contribution in [1.29, 1.82) is 0 Å². The first-order valence-corrected chi connectivity index (χ1v) is 10.4. The van der Waals surface area contributed by atoms with Crippen molar-refractivity contribution in [2.45, 2.75) is 57.9 Å². The van der Waals surface area contributed by atoms with Gasteiger partial charge in [0.15, 0.2) is 5.82 Å². The smallest absolute Gasteiger partial charge is 0.157 e. The van der Waals surface area contributed by atoms with Crippen molar-refractivity contribution < 1.29 is 1.43 Å². The molecule has 142 valence electrons. The zero-order valence-electron chi connectivity index (χ0n) is 16.3. The summed E-state index contributed by atoms with van der Waals surface area (Å²) in [5, 5.41) is 0. The summed E-state index contributed by atoms with van der Waals surface area (Å²) in [6, 6.07) is 12.7. The largest absolute Gasteiger partial charge is 0.350 e. The van der Waals surface area contributed by atoms with E-state index in [1.807, 2.05) is 6.92 Å². The van der Waals surface area contributed by atoms with E-state index in [-0.39, 0.29) is 6.97 Å². The summed E-state index contributed by atoms with van der Waals surface area (Å²) in [5.74, 6) is 2.75. The number of hydrogen-bond donors (Lipinski definition) is 1. The minimum absolute atomic E-state index is 0. The molecule has 5 rings (SSSR count). The topological polar surface area (TPSA) is 44.8 Å².